The van der Waals surface area contributed by atoms with Crippen molar-refractivity contribution in [3.05, 3.63) is 45.7 Å². The number of para-hydroxylation sites is 1. The van der Waals surface area contributed by atoms with E-state index in [1.54, 1.807) is 0 Å². The first-order valence-electron chi connectivity index (χ1n) is 7.45. The molecular formula is C17H21NO. The summed E-state index contributed by atoms with van der Waals surface area (Å²) in [6, 6.07) is 7.89. The van der Waals surface area contributed by atoms with Crippen LogP contribution in [0, 0.1) is 0 Å². The molecule has 1 unspecified atom stereocenters. The SMILES string of the molecule is CCCCC1CCCc2[nH]c3ccccc3c(=O)c21. The van der Waals surface area contributed by atoms with E-state index in [9.17, 15) is 4.79 Å². The normalized spacial score (nSPS) is 18.5. The Bertz CT molecular complexity index is 641. The van der Waals surface area contributed by atoms with Crippen LogP contribution in [0.25, 0.3) is 10.9 Å². The first-order chi connectivity index (χ1) is 9.31. The van der Waals surface area contributed by atoms with Gasteiger partial charge in [0.1, 0.15) is 0 Å². The highest BCUT2D eigenvalue weighted by Crippen LogP contribution is 2.33. The van der Waals surface area contributed by atoms with Crippen molar-refractivity contribution in [3.63, 3.8) is 0 Å². The van der Waals surface area contributed by atoms with Gasteiger partial charge in [-0.25, -0.2) is 0 Å². The Hall–Kier alpha value is -1.57. The maximum Gasteiger partial charge on any atom is 0.193 e. The number of aromatic nitrogens is 1. The van der Waals surface area contributed by atoms with E-state index >= 15 is 0 Å². The minimum atomic E-state index is 0.269. The molecule has 0 fully saturated rings. The van der Waals surface area contributed by atoms with E-state index in [1.807, 2.05) is 24.3 Å². The summed E-state index contributed by atoms with van der Waals surface area (Å²) in [4.78, 5) is 16.2. The predicted octanol–water partition coefficient (Wildman–Crippen LogP) is 4.14. The van der Waals surface area contributed by atoms with Gasteiger partial charge in [-0.05, 0) is 43.7 Å². The molecule has 0 aliphatic heterocycles. The van der Waals surface area contributed by atoms with Crippen molar-refractivity contribution >= 4 is 10.9 Å². The summed E-state index contributed by atoms with van der Waals surface area (Å²) in [5.74, 6) is 0.469. The summed E-state index contributed by atoms with van der Waals surface area (Å²) in [5, 5.41) is 0.852. The molecule has 3 rings (SSSR count). The van der Waals surface area contributed by atoms with Crippen LogP contribution in [0.1, 0.15) is 56.2 Å². The molecule has 0 amide bonds. The number of rotatable bonds is 3. The lowest BCUT2D eigenvalue weighted by molar-refractivity contribution is 0.494. The number of pyridine rings is 1. The van der Waals surface area contributed by atoms with Gasteiger partial charge < -0.3 is 4.98 Å². The van der Waals surface area contributed by atoms with Crippen LogP contribution in [0.5, 0.6) is 0 Å². The van der Waals surface area contributed by atoms with Crippen molar-refractivity contribution in [2.75, 3.05) is 0 Å². The van der Waals surface area contributed by atoms with Crippen LogP contribution in [-0.4, -0.2) is 4.98 Å². The molecule has 2 nitrogen and oxygen atoms in total. The third-order valence-corrected chi connectivity index (χ3v) is 4.32. The number of H-pyrrole nitrogens is 1. The molecule has 1 atom stereocenters. The number of aromatic amines is 1. The molecule has 0 spiro atoms. The standard InChI is InChI=1S/C17H21NO/c1-2-3-7-12-8-6-11-15-16(12)17(19)13-9-4-5-10-14(13)18-15/h4-5,9-10,12H,2-3,6-8,11H2,1H3,(H,18,19). The maximum absolute atomic E-state index is 12.7. The Morgan fingerprint density at radius 3 is 3.00 bits per heavy atom. The minimum Gasteiger partial charge on any atom is -0.358 e. The highest BCUT2D eigenvalue weighted by Gasteiger charge is 2.24. The summed E-state index contributed by atoms with van der Waals surface area (Å²) < 4.78 is 0. The van der Waals surface area contributed by atoms with Crippen LogP contribution in [0.3, 0.4) is 0 Å². The Morgan fingerprint density at radius 2 is 2.16 bits per heavy atom. The first-order valence-corrected chi connectivity index (χ1v) is 7.45. The highest BCUT2D eigenvalue weighted by atomic mass is 16.1. The fraction of sp³-hybridized carbons (Fsp3) is 0.471. The highest BCUT2D eigenvalue weighted by molar-refractivity contribution is 5.79. The van der Waals surface area contributed by atoms with Gasteiger partial charge in [-0.15, -0.1) is 0 Å². The molecule has 1 aliphatic rings. The number of hydrogen-bond acceptors (Lipinski definition) is 1. The molecule has 1 aromatic heterocycles. The third kappa shape index (κ3) is 2.20. The lowest BCUT2D eigenvalue weighted by Gasteiger charge is -2.25. The summed E-state index contributed by atoms with van der Waals surface area (Å²) in [6.45, 7) is 2.22. The minimum absolute atomic E-state index is 0.269. The molecule has 1 N–H and O–H groups in total. The van der Waals surface area contributed by atoms with E-state index in [2.05, 4.69) is 11.9 Å². The first kappa shape index (κ1) is 12.5. The van der Waals surface area contributed by atoms with Crippen molar-refractivity contribution in [2.45, 2.75) is 51.4 Å². The fourth-order valence-corrected chi connectivity index (χ4v) is 3.34. The van der Waals surface area contributed by atoms with E-state index in [0.717, 1.165) is 29.3 Å². The van der Waals surface area contributed by atoms with E-state index in [0.29, 0.717) is 5.92 Å². The second-order valence-electron chi connectivity index (χ2n) is 5.62. The average Bonchev–Trinajstić information content (AvgIpc) is 2.45. The Kier molecular flexibility index (Phi) is 3.41. The largest absolute Gasteiger partial charge is 0.358 e. The van der Waals surface area contributed by atoms with Gasteiger partial charge in [0, 0.05) is 22.2 Å². The number of hydrogen-bond donors (Lipinski definition) is 1. The average molecular weight is 255 g/mol. The second-order valence-corrected chi connectivity index (χ2v) is 5.62. The van der Waals surface area contributed by atoms with Gasteiger partial charge in [0.05, 0.1) is 0 Å². The zero-order valence-corrected chi connectivity index (χ0v) is 11.5. The molecule has 19 heavy (non-hydrogen) atoms. The Morgan fingerprint density at radius 1 is 1.32 bits per heavy atom. The van der Waals surface area contributed by atoms with Crippen molar-refractivity contribution in [1.82, 2.24) is 4.98 Å². The van der Waals surface area contributed by atoms with Crippen LogP contribution >= 0.6 is 0 Å². The molecule has 0 bridgehead atoms. The Labute approximate surface area is 113 Å². The molecule has 100 valence electrons. The topological polar surface area (TPSA) is 32.9 Å². The molecule has 1 aliphatic carbocycles. The summed E-state index contributed by atoms with van der Waals surface area (Å²) in [5.41, 5.74) is 3.53. The molecule has 0 radical (unpaired) electrons. The number of aryl methyl sites for hydroxylation is 1. The molecular weight excluding hydrogens is 234 g/mol. The van der Waals surface area contributed by atoms with Crippen molar-refractivity contribution in [1.29, 1.82) is 0 Å². The lowest BCUT2D eigenvalue weighted by atomic mass is 9.81. The Balaban J connectivity index is 2.14. The van der Waals surface area contributed by atoms with Gasteiger partial charge >= 0.3 is 0 Å². The van der Waals surface area contributed by atoms with E-state index < -0.39 is 0 Å². The molecule has 0 saturated heterocycles. The van der Waals surface area contributed by atoms with E-state index in [1.165, 1.54) is 31.4 Å². The van der Waals surface area contributed by atoms with Crippen molar-refractivity contribution in [3.8, 4) is 0 Å². The number of fused-ring (bicyclic) bond motifs is 2. The van der Waals surface area contributed by atoms with Crippen LogP contribution in [0.4, 0.5) is 0 Å². The van der Waals surface area contributed by atoms with Crippen LogP contribution in [-0.2, 0) is 6.42 Å². The third-order valence-electron chi connectivity index (χ3n) is 4.32. The summed E-state index contributed by atoms with van der Waals surface area (Å²) in [6.07, 6.45) is 6.99. The van der Waals surface area contributed by atoms with Gasteiger partial charge in [0.25, 0.3) is 0 Å². The van der Waals surface area contributed by atoms with Gasteiger partial charge in [-0.3, -0.25) is 4.79 Å². The van der Waals surface area contributed by atoms with E-state index in [4.69, 9.17) is 0 Å². The van der Waals surface area contributed by atoms with Crippen molar-refractivity contribution in [2.24, 2.45) is 0 Å². The van der Waals surface area contributed by atoms with Gasteiger partial charge in [-0.2, -0.15) is 0 Å². The smallest absolute Gasteiger partial charge is 0.193 e. The predicted molar refractivity (Wildman–Crippen MR) is 79.8 cm³/mol. The van der Waals surface area contributed by atoms with Crippen LogP contribution in [0.15, 0.2) is 29.1 Å². The monoisotopic (exact) mass is 255 g/mol. The quantitative estimate of drug-likeness (QED) is 0.878. The number of unbranched alkanes of at least 4 members (excludes halogenated alkanes) is 1. The lowest BCUT2D eigenvalue weighted by Crippen LogP contribution is -2.22. The van der Waals surface area contributed by atoms with Crippen molar-refractivity contribution < 1.29 is 0 Å². The van der Waals surface area contributed by atoms with Gasteiger partial charge in [-0.1, -0.05) is 31.9 Å². The molecule has 0 saturated carbocycles. The molecule has 1 aromatic carbocycles. The molecule has 2 heteroatoms. The number of nitrogens with one attached hydrogen (secondary N) is 1. The molecule has 1 heterocycles. The second kappa shape index (κ2) is 5.20. The maximum atomic E-state index is 12.7. The summed E-state index contributed by atoms with van der Waals surface area (Å²) in [7, 11) is 0. The summed E-state index contributed by atoms with van der Waals surface area (Å²) >= 11 is 0. The van der Waals surface area contributed by atoms with Crippen LogP contribution in [0.2, 0.25) is 0 Å². The van der Waals surface area contributed by atoms with Gasteiger partial charge in [0.15, 0.2) is 5.43 Å². The zero-order valence-electron chi connectivity index (χ0n) is 11.5. The molecule has 2 aromatic rings. The zero-order chi connectivity index (χ0) is 13.2. The number of benzene rings is 1. The fourth-order valence-electron chi connectivity index (χ4n) is 3.34. The van der Waals surface area contributed by atoms with Crippen LogP contribution < -0.4 is 5.43 Å². The van der Waals surface area contributed by atoms with E-state index in [-0.39, 0.29) is 5.43 Å². The van der Waals surface area contributed by atoms with Gasteiger partial charge in [0.2, 0.25) is 0 Å².